The van der Waals surface area contributed by atoms with Crippen LogP contribution in [0.5, 0.6) is 0 Å². The third-order valence-corrected chi connectivity index (χ3v) is 6.94. The van der Waals surface area contributed by atoms with Crippen LogP contribution in [0.15, 0.2) is 0 Å². The Morgan fingerprint density at radius 3 is 1.21 bits per heavy atom. The van der Waals surface area contributed by atoms with Gasteiger partial charge in [0.05, 0.1) is 65.0 Å². The van der Waals surface area contributed by atoms with Gasteiger partial charge in [0.15, 0.2) is 0 Å². The van der Waals surface area contributed by atoms with E-state index in [0.717, 1.165) is 28.5 Å². The van der Waals surface area contributed by atoms with Crippen LogP contribution in [0, 0.1) is 16.2 Å². The van der Waals surface area contributed by atoms with Crippen LogP contribution >= 0.6 is 0 Å². The summed E-state index contributed by atoms with van der Waals surface area (Å²) in [5.41, 5.74) is 0.761. The van der Waals surface area contributed by atoms with Crippen LogP contribution in [-0.4, -0.2) is 103 Å². The Labute approximate surface area is 280 Å². The van der Waals surface area contributed by atoms with Gasteiger partial charge in [-0.2, -0.15) is 0 Å². The summed E-state index contributed by atoms with van der Waals surface area (Å²) in [6.07, 6.45) is 3.58. The first-order valence-electron chi connectivity index (χ1n) is 12.9. The van der Waals surface area contributed by atoms with Gasteiger partial charge in [-0.25, -0.2) is 8.42 Å². The Kier molecular flexibility index (Phi) is 28.6. The maximum Gasteiger partial charge on any atom is 1.00 e. The number of hydrogen-bond donors (Lipinski definition) is 0. The maximum absolute atomic E-state index is 10.9. The molecule has 0 spiro atoms. The molecule has 0 aliphatic heterocycles. The first-order chi connectivity index (χ1) is 15.3. The van der Waals surface area contributed by atoms with E-state index in [2.05, 4.69) is 82.7 Å². The summed E-state index contributed by atoms with van der Waals surface area (Å²) >= 11 is 0. The van der Waals surface area contributed by atoms with Crippen molar-refractivity contribution in [2.75, 3.05) is 66.4 Å². The molecule has 11 heteroatoms. The van der Waals surface area contributed by atoms with Crippen molar-refractivity contribution < 1.29 is 78.7 Å². The molecule has 0 rings (SSSR count). The van der Waals surface area contributed by atoms with Crippen LogP contribution in [0.1, 0.15) is 96.9 Å². The van der Waals surface area contributed by atoms with Crippen molar-refractivity contribution in [3.05, 3.63) is 0 Å². The molecule has 0 saturated carbocycles. The monoisotopic (exact) mass is 677 g/mol. The van der Waals surface area contributed by atoms with Crippen molar-refractivity contribution in [3.63, 3.8) is 0 Å². The zero-order valence-electron chi connectivity index (χ0n) is 28.7. The summed E-state index contributed by atoms with van der Waals surface area (Å²) in [7, 11) is 3.98. The summed E-state index contributed by atoms with van der Waals surface area (Å²) in [5.74, 6) is 3.09. The molecule has 0 aromatic carbocycles. The summed E-state index contributed by atoms with van der Waals surface area (Å²) in [5, 5.41) is 0. The van der Waals surface area contributed by atoms with Gasteiger partial charge in [0.25, 0.3) is 0 Å². The molecule has 0 N–H and O–H groups in total. The molecule has 240 valence electrons. The zero-order valence-corrected chi connectivity index (χ0v) is 32.9. The van der Waals surface area contributed by atoms with Gasteiger partial charge in [-0.1, -0.05) is 85.4 Å². The Bertz CT molecular complexity index is 798. The normalized spacial score (nSPS) is 14.1. The Morgan fingerprint density at radius 1 is 0.667 bits per heavy atom. The molecule has 0 bridgehead atoms. The van der Waals surface area contributed by atoms with E-state index in [4.69, 9.17) is 0 Å². The van der Waals surface area contributed by atoms with E-state index >= 15 is 0 Å². The molecule has 0 aromatic rings. The number of halogens is 1. The van der Waals surface area contributed by atoms with Gasteiger partial charge in [-0.3, -0.25) is 4.21 Å². The van der Waals surface area contributed by atoms with Crippen molar-refractivity contribution in [2.24, 2.45) is 16.2 Å². The molecule has 7 nitrogen and oxygen atoms in total. The maximum atomic E-state index is 10.9. The number of quaternary nitrogens is 2. The second-order valence-corrected chi connectivity index (χ2v) is 18.8. The molecule has 0 radical (unpaired) electrons. The van der Waals surface area contributed by atoms with Crippen LogP contribution in [0.2, 0.25) is 0 Å². The zero-order chi connectivity index (χ0) is 29.9. The molecule has 1 unspecified atom stereocenters. The van der Waals surface area contributed by atoms with E-state index in [1.165, 1.54) is 13.0 Å². The first kappa shape index (κ1) is 52.9. The van der Waals surface area contributed by atoms with Crippen LogP contribution < -0.4 is 46.5 Å². The first-order valence-corrected chi connectivity index (χ1v) is 16.3. The van der Waals surface area contributed by atoms with Gasteiger partial charge < -0.3 is 36.5 Å². The Balaban J connectivity index is -0.0000000808. The second kappa shape index (κ2) is 21.1. The van der Waals surface area contributed by atoms with Crippen molar-refractivity contribution in [1.29, 1.82) is 0 Å². The Morgan fingerprint density at radius 2 is 1.00 bits per heavy atom. The summed E-state index contributed by atoms with van der Waals surface area (Å²) < 4.78 is 54.2. The molecule has 0 saturated heterocycles. The molecular formula is C28H67BrN2NaO5S2-. The van der Waals surface area contributed by atoms with E-state index in [0.29, 0.717) is 23.7 Å². The topological polar surface area (TPSA) is 97.3 Å². The van der Waals surface area contributed by atoms with Crippen molar-refractivity contribution >= 4 is 25.8 Å². The molecule has 0 aromatic heterocycles. The van der Waals surface area contributed by atoms with Gasteiger partial charge in [0.1, 0.15) is 0 Å². The minimum atomic E-state index is -4.01. The summed E-state index contributed by atoms with van der Waals surface area (Å²) in [4.78, 5) is 0. The van der Waals surface area contributed by atoms with Gasteiger partial charge >= 0.3 is 29.6 Å². The molecule has 0 heterocycles. The van der Waals surface area contributed by atoms with Crippen molar-refractivity contribution in [2.45, 2.75) is 95.4 Å². The van der Waals surface area contributed by atoms with E-state index in [9.17, 15) is 21.7 Å². The number of hydrogen-bond acceptors (Lipinski definition) is 5. The molecule has 0 aliphatic rings. The second-order valence-electron chi connectivity index (χ2n) is 15.4. The molecule has 0 amide bonds. The quantitative estimate of drug-likeness (QED) is 0.136. The van der Waals surface area contributed by atoms with Gasteiger partial charge in [0.2, 0.25) is 0 Å². The fourth-order valence-electron chi connectivity index (χ4n) is 2.56. The molecular weight excluding hydrogens is 611 g/mol. The van der Waals surface area contributed by atoms with Crippen LogP contribution in [-0.2, 0) is 19.9 Å². The van der Waals surface area contributed by atoms with Gasteiger partial charge in [-0.15, -0.1) is 0 Å². The standard InChI is InChI=1S/C12H27NO2S.C9H22N.C6H14O3S.CH4.BrH.Na.H/c1-12(2,3)8-10-13(4,5)9-7-11-16(6,14)15;1-9(2,3)7-8-10(4,5)6;1-6(2,3)4-5-10(7,8)9;;;;/h6-11H2,1-5H3;7-8H2,1-6H3;4-5H2,1-3H3,(H,7,8,9);1H4;1H;;/q;+1;;;;+1;-1/p-2. The fourth-order valence-corrected chi connectivity index (χ4v) is 4.00. The largest absolute Gasteiger partial charge is 1.00 e. The van der Waals surface area contributed by atoms with E-state index in [1.807, 2.05) is 20.8 Å². The van der Waals surface area contributed by atoms with Gasteiger partial charge in [0, 0.05) is 30.8 Å². The van der Waals surface area contributed by atoms with Crippen LogP contribution in [0.25, 0.3) is 0 Å². The average Bonchev–Trinajstić information content (AvgIpc) is 2.54. The number of nitrogens with zero attached hydrogens (tertiary/aromatic N) is 2. The predicted molar refractivity (Wildman–Crippen MR) is 165 cm³/mol. The molecule has 0 aliphatic carbocycles. The summed E-state index contributed by atoms with van der Waals surface area (Å²) in [6.45, 7) is 22.5. The smallest absolute Gasteiger partial charge is 1.00 e. The molecule has 1 atom stereocenters. The van der Waals surface area contributed by atoms with Gasteiger partial charge in [-0.05, 0) is 22.7 Å². The molecule has 39 heavy (non-hydrogen) atoms. The Hall–Kier alpha value is 1.29. The van der Waals surface area contributed by atoms with E-state index < -0.39 is 19.9 Å². The van der Waals surface area contributed by atoms with E-state index in [1.54, 1.807) is 0 Å². The minimum Gasteiger partial charge on any atom is -1.00 e. The van der Waals surface area contributed by atoms with Crippen molar-refractivity contribution in [3.8, 4) is 0 Å². The van der Waals surface area contributed by atoms with Crippen molar-refractivity contribution in [1.82, 2.24) is 0 Å². The number of rotatable bonds is 10. The summed E-state index contributed by atoms with van der Waals surface area (Å²) in [6, 6.07) is 0. The average molecular weight is 679 g/mol. The SMILES string of the molecule is C.C=S(=O)([O-])CCC[N+](C)(C)CCC(C)(C)C.CC(C)(C)CCS(=O)(=O)[O-].CC(C)(C)CC[N+](C)(C)C.[Br-].[H-].[Na+]. The van der Waals surface area contributed by atoms with Crippen LogP contribution in [0.4, 0.5) is 0 Å². The minimum absolute atomic E-state index is 0. The third-order valence-electron chi connectivity index (χ3n) is 5.32. The van der Waals surface area contributed by atoms with E-state index in [-0.39, 0.29) is 72.3 Å². The fraction of sp³-hybridized carbons (Fsp3) is 0.964. The third kappa shape index (κ3) is 59.5. The van der Waals surface area contributed by atoms with Crippen LogP contribution in [0.3, 0.4) is 0 Å². The predicted octanol–water partition coefficient (Wildman–Crippen LogP) is -0.411. The molecule has 0 fully saturated rings.